The topological polar surface area (TPSA) is 69.6 Å². The minimum Gasteiger partial charge on any atom is -0.508 e. The zero-order valence-corrected chi connectivity index (χ0v) is 19.3. The minimum absolute atomic E-state index is 0.263. The summed E-state index contributed by atoms with van der Waals surface area (Å²) < 4.78 is 0. The Morgan fingerprint density at radius 3 is 1.83 bits per heavy atom. The van der Waals surface area contributed by atoms with Crippen molar-refractivity contribution in [2.24, 2.45) is 0 Å². The number of hydrogen-bond acceptors (Lipinski definition) is 3. The number of hydrogen-bond donors (Lipinski definition) is 3. The number of aromatic hydroxyl groups is 1. The summed E-state index contributed by atoms with van der Waals surface area (Å²) in [6.07, 6.45) is 21.7. The number of phenolic OH excluding ortho intramolecular Hbond substituents is 1. The summed E-state index contributed by atoms with van der Waals surface area (Å²) in [5, 5.41) is 18.5. The molecule has 1 rings (SSSR count). The predicted molar refractivity (Wildman–Crippen MR) is 125 cm³/mol. The van der Waals surface area contributed by atoms with Gasteiger partial charge in [0.1, 0.15) is 5.75 Å². The van der Waals surface area contributed by atoms with Gasteiger partial charge in [-0.2, -0.15) is 0 Å². The van der Waals surface area contributed by atoms with Crippen molar-refractivity contribution in [2.75, 3.05) is 0 Å². The van der Waals surface area contributed by atoms with E-state index in [9.17, 15) is 9.90 Å². The second-order valence-electron chi connectivity index (χ2n) is 8.70. The lowest BCUT2D eigenvalue weighted by Gasteiger charge is -2.08. The number of rotatable bonds is 19. The lowest BCUT2D eigenvalue weighted by Crippen LogP contribution is -2.18. The second-order valence-corrected chi connectivity index (χ2v) is 8.70. The van der Waals surface area contributed by atoms with Crippen molar-refractivity contribution in [1.29, 1.82) is 0 Å². The van der Waals surface area contributed by atoms with E-state index >= 15 is 0 Å². The standard InChI is InChI=1S/C26H45NO3/c1-2-3-4-5-6-7-8-9-10-11-12-13-14-15-17-23-20-21-25(28)24(22-23)18-16-19-26(29)27-30/h20-22,28,30H,2-19H2,1H3,(H,27,29). The van der Waals surface area contributed by atoms with E-state index in [1.165, 1.54) is 95.5 Å². The van der Waals surface area contributed by atoms with Crippen molar-refractivity contribution in [3.8, 4) is 5.75 Å². The van der Waals surface area contributed by atoms with E-state index in [-0.39, 0.29) is 12.3 Å². The molecule has 1 aromatic rings. The fraction of sp³-hybridized carbons (Fsp3) is 0.731. The van der Waals surface area contributed by atoms with Crippen molar-refractivity contribution < 1.29 is 15.1 Å². The highest BCUT2D eigenvalue weighted by Gasteiger charge is 2.05. The average molecular weight is 420 g/mol. The zero-order chi connectivity index (χ0) is 21.9. The fourth-order valence-electron chi connectivity index (χ4n) is 4.01. The molecule has 172 valence electrons. The van der Waals surface area contributed by atoms with Crippen molar-refractivity contribution in [1.82, 2.24) is 5.48 Å². The fourth-order valence-corrected chi connectivity index (χ4v) is 4.01. The molecule has 4 nitrogen and oxygen atoms in total. The van der Waals surface area contributed by atoms with Gasteiger partial charge in [0, 0.05) is 6.42 Å². The van der Waals surface area contributed by atoms with Crippen LogP contribution in [0.3, 0.4) is 0 Å². The Kier molecular flexibility index (Phi) is 16.1. The van der Waals surface area contributed by atoms with Gasteiger partial charge in [0.15, 0.2) is 0 Å². The van der Waals surface area contributed by atoms with E-state index in [2.05, 4.69) is 13.0 Å². The number of nitrogens with one attached hydrogen (secondary N) is 1. The first kappa shape index (κ1) is 26.5. The summed E-state index contributed by atoms with van der Waals surface area (Å²) >= 11 is 0. The average Bonchev–Trinajstić information content (AvgIpc) is 2.75. The van der Waals surface area contributed by atoms with Crippen LogP contribution in [0.5, 0.6) is 5.75 Å². The molecule has 0 saturated carbocycles. The second kappa shape index (κ2) is 18.2. The first-order valence-electron chi connectivity index (χ1n) is 12.4. The summed E-state index contributed by atoms with van der Waals surface area (Å²) in [6, 6.07) is 5.83. The maximum absolute atomic E-state index is 11.1. The van der Waals surface area contributed by atoms with Crippen LogP contribution in [0.4, 0.5) is 0 Å². The molecular weight excluding hydrogens is 374 g/mol. The number of benzene rings is 1. The monoisotopic (exact) mass is 419 g/mol. The van der Waals surface area contributed by atoms with Crippen molar-refractivity contribution in [3.63, 3.8) is 0 Å². The number of phenols is 1. The minimum atomic E-state index is -0.381. The van der Waals surface area contributed by atoms with Gasteiger partial charge in [-0.05, 0) is 42.9 Å². The summed E-state index contributed by atoms with van der Waals surface area (Å²) in [5.41, 5.74) is 3.80. The third-order valence-electron chi connectivity index (χ3n) is 5.94. The molecule has 4 heteroatoms. The molecule has 0 saturated heterocycles. The largest absolute Gasteiger partial charge is 0.508 e. The van der Waals surface area contributed by atoms with Crippen molar-refractivity contribution >= 4 is 5.91 Å². The smallest absolute Gasteiger partial charge is 0.243 e. The Balaban J connectivity index is 2.02. The molecule has 3 N–H and O–H groups in total. The molecule has 0 aliphatic carbocycles. The van der Waals surface area contributed by atoms with Gasteiger partial charge in [0.05, 0.1) is 0 Å². The maximum atomic E-state index is 11.1. The maximum Gasteiger partial charge on any atom is 0.243 e. The summed E-state index contributed by atoms with van der Waals surface area (Å²) in [7, 11) is 0. The van der Waals surface area contributed by atoms with Gasteiger partial charge in [0.2, 0.25) is 5.91 Å². The van der Waals surface area contributed by atoms with E-state index in [4.69, 9.17) is 5.21 Å². The van der Waals surface area contributed by atoms with E-state index < -0.39 is 0 Å². The van der Waals surface area contributed by atoms with Crippen molar-refractivity contribution in [2.45, 2.75) is 122 Å². The Labute approximate surface area is 184 Å². The number of carbonyl (C=O) groups is 1. The van der Waals surface area contributed by atoms with E-state index in [0.29, 0.717) is 18.6 Å². The molecule has 0 aliphatic rings. The normalized spacial score (nSPS) is 11.0. The van der Waals surface area contributed by atoms with Crippen LogP contribution in [-0.2, 0) is 17.6 Å². The van der Waals surface area contributed by atoms with Crippen LogP contribution in [0.1, 0.15) is 121 Å². The van der Waals surface area contributed by atoms with Crippen LogP contribution in [0.15, 0.2) is 18.2 Å². The Morgan fingerprint density at radius 2 is 1.30 bits per heavy atom. The van der Waals surface area contributed by atoms with Crippen LogP contribution in [0, 0.1) is 0 Å². The van der Waals surface area contributed by atoms with Crippen LogP contribution in [0.2, 0.25) is 0 Å². The molecule has 0 radical (unpaired) electrons. The molecule has 0 fully saturated rings. The van der Waals surface area contributed by atoms with Gasteiger partial charge in [0.25, 0.3) is 0 Å². The van der Waals surface area contributed by atoms with Crippen LogP contribution in [-0.4, -0.2) is 16.2 Å². The van der Waals surface area contributed by atoms with Crippen LogP contribution >= 0.6 is 0 Å². The van der Waals surface area contributed by atoms with Gasteiger partial charge in [-0.15, -0.1) is 0 Å². The third-order valence-corrected chi connectivity index (χ3v) is 5.94. The molecule has 0 aromatic heterocycles. The Hall–Kier alpha value is -1.55. The molecule has 0 bridgehead atoms. The first-order valence-corrected chi connectivity index (χ1v) is 12.4. The van der Waals surface area contributed by atoms with Gasteiger partial charge >= 0.3 is 0 Å². The molecule has 0 atom stereocenters. The van der Waals surface area contributed by atoms with Crippen LogP contribution in [0.25, 0.3) is 0 Å². The van der Waals surface area contributed by atoms with E-state index in [0.717, 1.165) is 12.0 Å². The van der Waals surface area contributed by atoms with Gasteiger partial charge in [-0.3, -0.25) is 10.0 Å². The molecular formula is C26H45NO3. The molecule has 0 spiro atoms. The van der Waals surface area contributed by atoms with E-state index in [1.54, 1.807) is 11.5 Å². The molecule has 1 aromatic carbocycles. The predicted octanol–water partition coefficient (Wildman–Crippen LogP) is 7.24. The Bertz CT molecular complexity index is 559. The summed E-state index contributed by atoms with van der Waals surface area (Å²) in [4.78, 5) is 11.1. The highest BCUT2D eigenvalue weighted by atomic mass is 16.5. The molecule has 30 heavy (non-hydrogen) atoms. The number of unbranched alkanes of at least 4 members (excludes halogenated alkanes) is 13. The van der Waals surface area contributed by atoms with Gasteiger partial charge < -0.3 is 5.11 Å². The van der Waals surface area contributed by atoms with Gasteiger partial charge in [-0.1, -0.05) is 103 Å². The summed E-state index contributed by atoms with van der Waals surface area (Å²) in [5.74, 6) is -0.0860. The number of amides is 1. The van der Waals surface area contributed by atoms with E-state index in [1.807, 2.05) is 6.07 Å². The quantitative estimate of drug-likeness (QED) is 0.126. The first-order chi connectivity index (χ1) is 14.7. The molecule has 0 unspecified atom stereocenters. The highest BCUT2D eigenvalue weighted by molar-refractivity contribution is 5.74. The third kappa shape index (κ3) is 13.6. The lowest BCUT2D eigenvalue weighted by molar-refractivity contribution is -0.129. The zero-order valence-electron chi connectivity index (χ0n) is 19.3. The SMILES string of the molecule is CCCCCCCCCCCCCCCCc1ccc(O)c(CCCC(=O)NO)c1. The number of hydroxylamine groups is 1. The Morgan fingerprint density at radius 1 is 0.767 bits per heavy atom. The highest BCUT2D eigenvalue weighted by Crippen LogP contribution is 2.22. The number of aryl methyl sites for hydroxylation is 2. The van der Waals surface area contributed by atoms with Gasteiger partial charge in [-0.25, -0.2) is 5.48 Å². The molecule has 0 aliphatic heterocycles. The number of carbonyl (C=O) groups excluding carboxylic acids is 1. The van der Waals surface area contributed by atoms with Crippen LogP contribution < -0.4 is 5.48 Å². The van der Waals surface area contributed by atoms with Crippen molar-refractivity contribution in [3.05, 3.63) is 29.3 Å². The lowest BCUT2D eigenvalue weighted by atomic mass is 9.99. The summed E-state index contributed by atoms with van der Waals surface area (Å²) in [6.45, 7) is 2.27. The molecule has 1 amide bonds. The molecule has 0 heterocycles.